The van der Waals surface area contributed by atoms with E-state index >= 15 is 0 Å². The third kappa shape index (κ3) is 3.94. The predicted octanol–water partition coefficient (Wildman–Crippen LogP) is 4.65. The van der Waals surface area contributed by atoms with Crippen LogP contribution in [0.4, 0.5) is 18.4 Å². The van der Waals surface area contributed by atoms with Crippen molar-refractivity contribution >= 4 is 30.2 Å². The maximum absolute atomic E-state index is 13.5. The van der Waals surface area contributed by atoms with E-state index in [4.69, 9.17) is 10.1 Å². The van der Waals surface area contributed by atoms with Crippen molar-refractivity contribution in [1.82, 2.24) is 5.32 Å². The Labute approximate surface area is 160 Å². The van der Waals surface area contributed by atoms with Crippen LogP contribution >= 0.6 is 12.3 Å². The third-order valence-corrected chi connectivity index (χ3v) is 5.67. The van der Waals surface area contributed by atoms with Crippen LogP contribution < -0.4 is 10.0 Å². The maximum atomic E-state index is 13.5. The van der Waals surface area contributed by atoms with Crippen LogP contribution in [0.2, 0.25) is 0 Å². The number of esters is 1. The van der Waals surface area contributed by atoms with Gasteiger partial charge in [-0.15, -0.1) is 3.89 Å². The van der Waals surface area contributed by atoms with Crippen LogP contribution in [0, 0.1) is 10.8 Å². The molecular weight excluding hydrogens is 379 g/mol. The van der Waals surface area contributed by atoms with Crippen LogP contribution in [0.1, 0.15) is 60.1 Å². The van der Waals surface area contributed by atoms with Crippen LogP contribution in [0.3, 0.4) is 0 Å². The molecule has 1 atom stereocenters. The second-order valence-corrected chi connectivity index (χ2v) is 7.56. The number of piperidine rings is 1. The van der Waals surface area contributed by atoms with E-state index < -0.39 is 17.3 Å². The van der Waals surface area contributed by atoms with Crippen LogP contribution in [0.5, 0.6) is 0 Å². The zero-order valence-corrected chi connectivity index (χ0v) is 15.7. The standard InChI is InChI=1S/C18H22F3N3O2S/c1-2-26-16(25)11-3-4-12(15(24-27-21)13(11)8-22)14-7-17(5-6-23-14)9-18(19,20)10-17/h3-4,8,14,22-24H,2,5-7,9-10H2,1H3. The van der Waals surface area contributed by atoms with Crippen molar-refractivity contribution in [2.24, 2.45) is 5.41 Å². The summed E-state index contributed by atoms with van der Waals surface area (Å²) >= 11 is -0.138. The molecule has 27 heavy (non-hydrogen) atoms. The lowest BCUT2D eigenvalue weighted by atomic mass is 9.59. The zero-order valence-electron chi connectivity index (χ0n) is 14.9. The van der Waals surface area contributed by atoms with Gasteiger partial charge in [0.15, 0.2) is 12.3 Å². The minimum atomic E-state index is -2.61. The first kappa shape index (κ1) is 20.0. The SMILES string of the molecule is CCOC(=O)c1ccc(C2CC3(CCN2)CC(F)(F)C3)c(NSF)c1C=N. The first-order valence-electron chi connectivity index (χ1n) is 8.84. The number of rotatable bonds is 6. The Morgan fingerprint density at radius 3 is 2.81 bits per heavy atom. The number of carbonyl (C=O) groups excluding carboxylic acids is 1. The summed E-state index contributed by atoms with van der Waals surface area (Å²) in [4.78, 5) is 12.1. The van der Waals surface area contributed by atoms with E-state index in [1.807, 2.05) is 0 Å². The van der Waals surface area contributed by atoms with E-state index in [2.05, 4.69) is 10.0 Å². The molecule has 0 bridgehead atoms. The van der Waals surface area contributed by atoms with Crippen LogP contribution in [0.15, 0.2) is 12.1 Å². The van der Waals surface area contributed by atoms with Gasteiger partial charge >= 0.3 is 5.97 Å². The van der Waals surface area contributed by atoms with Crippen LogP contribution in [-0.2, 0) is 4.74 Å². The molecule has 2 aliphatic rings. The topological polar surface area (TPSA) is 74.2 Å². The summed E-state index contributed by atoms with van der Waals surface area (Å²) in [5.74, 6) is -3.20. The summed E-state index contributed by atoms with van der Waals surface area (Å²) in [6, 6.07) is 2.95. The lowest BCUT2D eigenvalue weighted by Gasteiger charge is -2.52. The predicted molar refractivity (Wildman–Crippen MR) is 99.2 cm³/mol. The largest absolute Gasteiger partial charge is 0.462 e. The van der Waals surface area contributed by atoms with Crippen LogP contribution in [-0.4, -0.2) is 31.3 Å². The van der Waals surface area contributed by atoms with Gasteiger partial charge in [0.2, 0.25) is 5.92 Å². The molecule has 1 aromatic rings. The summed E-state index contributed by atoms with van der Waals surface area (Å²) in [7, 11) is 0. The third-order valence-electron chi connectivity index (χ3n) is 5.38. The molecule has 1 aromatic carbocycles. The fourth-order valence-electron chi connectivity index (χ4n) is 4.32. The van der Waals surface area contributed by atoms with E-state index in [0.29, 0.717) is 30.6 Å². The molecule has 0 radical (unpaired) electrons. The average Bonchev–Trinajstić information content (AvgIpc) is 2.60. The Hall–Kier alpha value is -1.74. The van der Waals surface area contributed by atoms with E-state index in [1.54, 1.807) is 19.1 Å². The first-order valence-corrected chi connectivity index (χ1v) is 9.56. The monoisotopic (exact) mass is 401 g/mol. The number of halogens is 3. The molecule has 1 saturated carbocycles. The quantitative estimate of drug-likeness (QED) is 0.368. The van der Waals surface area contributed by atoms with E-state index in [9.17, 15) is 17.5 Å². The number of carbonyl (C=O) groups is 1. The minimum absolute atomic E-state index is 0.128. The molecule has 0 aromatic heterocycles. The van der Waals surface area contributed by atoms with E-state index in [-0.39, 0.29) is 49.0 Å². The van der Waals surface area contributed by atoms with E-state index in [0.717, 1.165) is 6.21 Å². The second kappa shape index (κ2) is 7.71. The molecule has 1 saturated heterocycles. The Morgan fingerprint density at radius 1 is 1.48 bits per heavy atom. The molecule has 5 nitrogen and oxygen atoms in total. The van der Waals surface area contributed by atoms with Crippen molar-refractivity contribution in [1.29, 1.82) is 5.41 Å². The van der Waals surface area contributed by atoms with Gasteiger partial charge in [0, 0.05) is 30.7 Å². The number of nitrogens with one attached hydrogen (secondary N) is 3. The average molecular weight is 401 g/mol. The Bertz CT molecular complexity index is 737. The van der Waals surface area contributed by atoms with Crippen molar-refractivity contribution in [3.8, 4) is 0 Å². The number of hydrogen-bond acceptors (Lipinski definition) is 6. The van der Waals surface area contributed by atoms with Gasteiger partial charge in [0.25, 0.3) is 0 Å². The highest BCUT2D eigenvalue weighted by Crippen LogP contribution is 2.59. The molecule has 1 aliphatic heterocycles. The summed E-state index contributed by atoms with van der Waals surface area (Å²) in [5, 5.41) is 11.0. The van der Waals surface area contributed by atoms with Crippen LogP contribution in [0.25, 0.3) is 0 Å². The lowest BCUT2D eigenvalue weighted by Crippen LogP contribution is -2.52. The molecule has 1 unspecified atom stereocenters. The van der Waals surface area contributed by atoms with Gasteiger partial charge < -0.3 is 20.2 Å². The molecule has 1 heterocycles. The number of anilines is 1. The Kier molecular flexibility index (Phi) is 5.71. The fourth-order valence-corrected chi connectivity index (χ4v) is 4.63. The molecule has 1 aliphatic carbocycles. The zero-order chi connectivity index (χ0) is 19.7. The lowest BCUT2D eigenvalue weighted by molar-refractivity contribution is -0.174. The van der Waals surface area contributed by atoms with Crippen molar-refractivity contribution in [3.63, 3.8) is 0 Å². The fraction of sp³-hybridized carbons (Fsp3) is 0.556. The minimum Gasteiger partial charge on any atom is -0.462 e. The molecular formula is C18H22F3N3O2S. The summed E-state index contributed by atoms with van der Waals surface area (Å²) in [6.45, 7) is 2.44. The highest BCUT2D eigenvalue weighted by Gasteiger charge is 2.57. The molecule has 9 heteroatoms. The van der Waals surface area contributed by atoms with E-state index in [1.165, 1.54) is 0 Å². The molecule has 3 N–H and O–H groups in total. The molecule has 3 rings (SSSR count). The van der Waals surface area contributed by atoms with Gasteiger partial charge in [-0.3, -0.25) is 0 Å². The van der Waals surface area contributed by atoms with Crippen molar-refractivity contribution < 1.29 is 22.2 Å². The normalized spacial score (nSPS) is 22.7. The number of benzene rings is 1. The first-order chi connectivity index (χ1) is 12.8. The summed E-state index contributed by atoms with van der Waals surface area (Å²) in [6.07, 6.45) is 1.90. The van der Waals surface area contributed by atoms with Crippen molar-refractivity contribution in [2.75, 3.05) is 17.9 Å². The summed E-state index contributed by atoms with van der Waals surface area (Å²) in [5.41, 5.74) is 0.915. The summed E-state index contributed by atoms with van der Waals surface area (Å²) < 4.78 is 47.5. The molecule has 1 spiro atoms. The molecule has 0 amide bonds. The number of ether oxygens (including phenoxy) is 1. The van der Waals surface area contributed by atoms with Gasteiger partial charge in [0.05, 0.1) is 17.9 Å². The molecule has 2 fully saturated rings. The second-order valence-electron chi connectivity index (χ2n) is 7.21. The smallest absolute Gasteiger partial charge is 0.338 e. The highest BCUT2D eigenvalue weighted by atomic mass is 32.2. The van der Waals surface area contributed by atoms with Crippen molar-refractivity contribution in [3.05, 3.63) is 28.8 Å². The number of alkyl halides is 2. The van der Waals surface area contributed by atoms with Gasteiger partial charge in [-0.1, -0.05) is 6.07 Å². The Morgan fingerprint density at radius 2 is 2.22 bits per heavy atom. The van der Waals surface area contributed by atoms with Gasteiger partial charge in [0.1, 0.15) is 0 Å². The van der Waals surface area contributed by atoms with Crippen molar-refractivity contribution in [2.45, 2.75) is 44.6 Å². The van der Waals surface area contributed by atoms with Gasteiger partial charge in [-0.25, -0.2) is 13.6 Å². The number of hydrogen-bond donors (Lipinski definition) is 3. The van der Waals surface area contributed by atoms with Gasteiger partial charge in [-0.2, -0.15) is 0 Å². The molecule has 148 valence electrons. The Balaban J connectivity index is 1.95. The highest BCUT2D eigenvalue weighted by molar-refractivity contribution is 7.95. The maximum Gasteiger partial charge on any atom is 0.338 e. The van der Waals surface area contributed by atoms with Gasteiger partial charge in [-0.05, 0) is 43.4 Å².